The van der Waals surface area contributed by atoms with Gasteiger partial charge in [0.15, 0.2) is 0 Å². The highest BCUT2D eigenvalue weighted by Gasteiger charge is 2.31. The minimum Gasteiger partial charge on any atom is -0.493 e. The van der Waals surface area contributed by atoms with E-state index < -0.39 is 0 Å². The summed E-state index contributed by atoms with van der Waals surface area (Å²) in [6.07, 6.45) is 13.1. The highest BCUT2D eigenvalue weighted by molar-refractivity contribution is 5.81. The molecule has 1 aliphatic carbocycles. The zero-order valence-corrected chi connectivity index (χ0v) is 23.1. The van der Waals surface area contributed by atoms with Crippen LogP contribution in [0.15, 0.2) is 42.7 Å². The monoisotopic (exact) mass is 531 g/mol. The van der Waals surface area contributed by atoms with Crippen LogP contribution >= 0.6 is 0 Å². The van der Waals surface area contributed by atoms with Crippen LogP contribution in [0.4, 0.5) is 5.95 Å². The lowest BCUT2D eigenvalue weighted by atomic mass is 9.85. The SMILES string of the molecule is CCc1cnc(N2CCC(COc3ccc(C4=CCC(C(=O)N5CCC(C(N)=O)CC5)CC4)cc3)CC2)nc1. The van der Waals surface area contributed by atoms with Gasteiger partial charge in [0.25, 0.3) is 0 Å². The normalized spacial score (nSPS) is 20.9. The minimum atomic E-state index is -0.242. The molecule has 8 nitrogen and oxygen atoms in total. The predicted octanol–water partition coefficient (Wildman–Crippen LogP) is 4.24. The number of nitrogens with two attached hydrogens (primary N) is 1. The van der Waals surface area contributed by atoms with Crippen molar-refractivity contribution < 1.29 is 14.3 Å². The lowest BCUT2D eigenvalue weighted by Crippen LogP contribution is -2.44. The largest absolute Gasteiger partial charge is 0.493 e. The van der Waals surface area contributed by atoms with Gasteiger partial charge in [0.1, 0.15) is 5.75 Å². The summed E-state index contributed by atoms with van der Waals surface area (Å²) in [5, 5.41) is 0. The van der Waals surface area contributed by atoms with Gasteiger partial charge in [-0.05, 0) is 86.1 Å². The van der Waals surface area contributed by atoms with E-state index in [9.17, 15) is 9.59 Å². The Morgan fingerprint density at radius 3 is 2.23 bits per heavy atom. The molecule has 0 saturated carbocycles. The number of nitrogens with zero attached hydrogens (tertiary/aromatic N) is 4. The zero-order chi connectivity index (χ0) is 27.2. The molecule has 2 aromatic rings. The van der Waals surface area contributed by atoms with E-state index in [2.05, 4.69) is 52.1 Å². The van der Waals surface area contributed by atoms with Crippen LogP contribution in [0.5, 0.6) is 5.75 Å². The summed E-state index contributed by atoms with van der Waals surface area (Å²) in [7, 11) is 0. The van der Waals surface area contributed by atoms with Crippen LogP contribution in [-0.2, 0) is 16.0 Å². The van der Waals surface area contributed by atoms with E-state index in [1.54, 1.807) is 0 Å². The number of hydrogen-bond acceptors (Lipinski definition) is 6. The Bertz CT molecular complexity index is 1150. The number of aryl methyl sites for hydroxylation is 1. The zero-order valence-electron chi connectivity index (χ0n) is 23.1. The van der Waals surface area contributed by atoms with E-state index in [-0.39, 0.29) is 23.7 Å². The Hall–Kier alpha value is -3.42. The summed E-state index contributed by atoms with van der Waals surface area (Å²) in [4.78, 5) is 37.6. The first-order valence-corrected chi connectivity index (χ1v) is 14.6. The fraction of sp³-hybridized carbons (Fsp3) is 0.548. The molecule has 0 radical (unpaired) electrons. The topological polar surface area (TPSA) is 102 Å². The smallest absolute Gasteiger partial charge is 0.226 e. The average molecular weight is 532 g/mol. The van der Waals surface area contributed by atoms with Gasteiger partial charge in [0.2, 0.25) is 17.8 Å². The van der Waals surface area contributed by atoms with Crippen molar-refractivity contribution in [1.82, 2.24) is 14.9 Å². The molecule has 2 N–H and O–H groups in total. The molecule has 5 rings (SSSR count). The lowest BCUT2D eigenvalue weighted by molar-refractivity contribution is -0.138. The van der Waals surface area contributed by atoms with Crippen molar-refractivity contribution in [2.24, 2.45) is 23.5 Å². The number of piperidine rings is 2. The van der Waals surface area contributed by atoms with Gasteiger partial charge in [-0.2, -0.15) is 0 Å². The molecule has 2 amide bonds. The molecule has 1 unspecified atom stereocenters. The second-order valence-corrected chi connectivity index (χ2v) is 11.2. The third kappa shape index (κ3) is 6.78. The van der Waals surface area contributed by atoms with Crippen molar-refractivity contribution >= 4 is 23.3 Å². The summed E-state index contributed by atoms with van der Waals surface area (Å²) in [6.45, 7) is 6.04. The van der Waals surface area contributed by atoms with Crippen LogP contribution < -0.4 is 15.4 Å². The van der Waals surface area contributed by atoms with Gasteiger partial charge < -0.3 is 20.3 Å². The number of primary amides is 1. The van der Waals surface area contributed by atoms with E-state index in [1.807, 2.05) is 17.3 Å². The number of allylic oxidation sites excluding steroid dienone is 2. The number of ether oxygens (including phenoxy) is 1. The van der Waals surface area contributed by atoms with Crippen LogP contribution in [0.25, 0.3) is 5.57 Å². The molecule has 39 heavy (non-hydrogen) atoms. The molecule has 8 heteroatoms. The number of likely N-dealkylation sites (tertiary alicyclic amines) is 1. The Morgan fingerprint density at radius 1 is 0.949 bits per heavy atom. The van der Waals surface area contributed by atoms with E-state index >= 15 is 0 Å². The number of hydrogen-bond donors (Lipinski definition) is 1. The van der Waals surface area contributed by atoms with Crippen molar-refractivity contribution in [2.45, 2.75) is 58.3 Å². The first kappa shape index (κ1) is 27.2. The minimum absolute atomic E-state index is 0.0372. The van der Waals surface area contributed by atoms with Gasteiger partial charge in [0.05, 0.1) is 6.61 Å². The maximum Gasteiger partial charge on any atom is 0.226 e. The molecule has 1 aromatic carbocycles. The van der Waals surface area contributed by atoms with Crippen molar-refractivity contribution in [3.8, 4) is 5.75 Å². The van der Waals surface area contributed by atoms with E-state index in [0.29, 0.717) is 31.8 Å². The van der Waals surface area contributed by atoms with Gasteiger partial charge in [-0.1, -0.05) is 25.1 Å². The van der Waals surface area contributed by atoms with Crippen LogP contribution in [0.2, 0.25) is 0 Å². The number of benzene rings is 1. The molecular formula is C31H41N5O3. The molecule has 2 saturated heterocycles. The van der Waals surface area contributed by atoms with Crippen molar-refractivity contribution in [3.05, 3.63) is 53.9 Å². The van der Waals surface area contributed by atoms with Crippen LogP contribution in [0, 0.1) is 17.8 Å². The Morgan fingerprint density at radius 2 is 1.64 bits per heavy atom. The first-order chi connectivity index (χ1) is 19.0. The lowest BCUT2D eigenvalue weighted by Gasteiger charge is -2.34. The number of carbonyl (C=O) groups excluding carboxylic acids is 2. The van der Waals surface area contributed by atoms with Gasteiger partial charge in [-0.3, -0.25) is 9.59 Å². The molecule has 3 heterocycles. The van der Waals surface area contributed by atoms with Gasteiger partial charge in [-0.25, -0.2) is 9.97 Å². The second kappa shape index (κ2) is 12.6. The van der Waals surface area contributed by atoms with Crippen LogP contribution in [0.3, 0.4) is 0 Å². The van der Waals surface area contributed by atoms with Gasteiger partial charge >= 0.3 is 0 Å². The molecule has 0 bridgehead atoms. The third-order valence-electron chi connectivity index (χ3n) is 8.68. The highest BCUT2D eigenvalue weighted by Crippen LogP contribution is 2.33. The first-order valence-electron chi connectivity index (χ1n) is 14.6. The molecule has 208 valence electrons. The number of amides is 2. The molecular weight excluding hydrogens is 490 g/mol. The second-order valence-electron chi connectivity index (χ2n) is 11.2. The van der Waals surface area contributed by atoms with Crippen molar-refractivity contribution in [3.63, 3.8) is 0 Å². The summed E-state index contributed by atoms with van der Waals surface area (Å²) in [6, 6.07) is 8.40. The summed E-state index contributed by atoms with van der Waals surface area (Å²) < 4.78 is 6.15. The fourth-order valence-electron chi connectivity index (χ4n) is 5.94. The Kier molecular flexibility index (Phi) is 8.79. The Balaban J connectivity index is 1.05. The van der Waals surface area contributed by atoms with Crippen molar-refractivity contribution in [2.75, 3.05) is 37.7 Å². The number of anilines is 1. The van der Waals surface area contributed by atoms with Gasteiger partial charge in [-0.15, -0.1) is 0 Å². The highest BCUT2D eigenvalue weighted by atomic mass is 16.5. The predicted molar refractivity (Wildman–Crippen MR) is 152 cm³/mol. The summed E-state index contributed by atoms with van der Waals surface area (Å²) in [5.41, 5.74) is 9.11. The maximum absolute atomic E-state index is 13.0. The average Bonchev–Trinajstić information content (AvgIpc) is 3.00. The molecule has 2 fully saturated rings. The van der Waals surface area contributed by atoms with Gasteiger partial charge in [0, 0.05) is 50.4 Å². The van der Waals surface area contributed by atoms with Crippen molar-refractivity contribution in [1.29, 1.82) is 0 Å². The number of carbonyl (C=O) groups is 2. The molecule has 2 aliphatic heterocycles. The van der Waals surface area contributed by atoms with E-state index in [1.165, 1.54) is 16.7 Å². The molecule has 3 aliphatic rings. The van der Waals surface area contributed by atoms with E-state index in [4.69, 9.17) is 10.5 Å². The number of aromatic nitrogens is 2. The molecule has 1 atom stereocenters. The molecule has 1 aromatic heterocycles. The molecule has 0 spiro atoms. The van der Waals surface area contributed by atoms with E-state index in [0.717, 1.165) is 69.9 Å². The van der Waals surface area contributed by atoms with Crippen LogP contribution in [0.1, 0.15) is 63.0 Å². The number of rotatable bonds is 8. The summed E-state index contributed by atoms with van der Waals surface area (Å²) in [5.74, 6) is 2.21. The Labute approximate surface area is 231 Å². The third-order valence-corrected chi connectivity index (χ3v) is 8.68. The fourth-order valence-corrected chi connectivity index (χ4v) is 5.94. The standard InChI is InChI=1S/C31H41N5O3/c1-2-22-19-33-31(34-20-22)36-15-11-23(12-16-36)21-39-28-9-7-25(8-10-28)24-3-5-27(6-4-24)30(38)35-17-13-26(14-18-35)29(32)37/h3,7-10,19-20,23,26-27H,2,4-6,11-18,21H2,1H3,(H2,32,37). The van der Waals surface area contributed by atoms with Crippen LogP contribution in [-0.4, -0.2) is 59.5 Å². The summed E-state index contributed by atoms with van der Waals surface area (Å²) >= 11 is 0. The maximum atomic E-state index is 13.0. The quantitative estimate of drug-likeness (QED) is 0.547.